The van der Waals surface area contributed by atoms with Gasteiger partial charge >= 0.3 is 0 Å². The first-order chi connectivity index (χ1) is 16.2. The van der Waals surface area contributed by atoms with Gasteiger partial charge in [0.1, 0.15) is 0 Å². The third kappa shape index (κ3) is 4.17. The molecule has 0 saturated carbocycles. The first kappa shape index (κ1) is 22.8. The molecule has 4 aromatic rings. The van der Waals surface area contributed by atoms with Crippen molar-refractivity contribution in [3.05, 3.63) is 99.7 Å². The Kier molecular flexibility index (Phi) is 5.84. The van der Waals surface area contributed by atoms with Crippen molar-refractivity contribution in [2.24, 2.45) is 5.10 Å². The fraction of sp³-hybridized carbons (Fsp3) is 0.154. The number of sulfonamides is 1. The predicted octanol–water partition coefficient (Wildman–Crippen LogP) is 6.63. The minimum Gasteiger partial charge on any atom is -0.252 e. The number of benzene rings is 3. The number of hydrogen-bond donors (Lipinski definition) is 0. The van der Waals surface area contributed by atoms with E-state index in [2.05, 4.69) is 5.10 Å². The lowest BCUT2D eigenvalue weighted by Gasteiger charge is -2.21. The monoisotopic (exact) mass is 509 g/mol. The molecule has 5 rings (SSSR count). The van der Waals surface area contributed by atoms with E-state index in [-0.39, 0.29) is 0 Å². The van der Waals surface area contributed by atoms with E-state index in [1.165, 1.54) is 10.7 Å². The van der Waals surface area contributed by atoms with Crippen molar-refractivity contribution < 1.29 is 8.42 Å². The first-order valence-electron chi connectivity index (χ1n) is 10.7. The number of hydrogen-bond acceptors (Lipinski definition) is 4. The summed E-state index contributed by atoms with van der Waals surface area (Å²) in [5, 5.41) is 6.73. The van der Waals surface area contributed by atoms with Gasteiger partial charge in [0.25, 0.3) is 0 Å². The van der Waals surface area contributed by atoms with Gasteiger partial charge in [0.2, 0.25) is 10.0 Å². The highest BCUT2D eigenvalue weighted by atomic mass is 35.5. The second kappa shape index (κ2) is 8.69. The van der Waals surface area contributed by atoms with Crippen LogP contribution in [0, 0.1) is 6.92 Å². The number of rotatable bonds is 4. The summed E-state index contributed by atoms with van der Waals surface area (Å²) < 4.78 is 26.6. The second-order valence-corrected chi connectivity index (χ2v) is 11.0. The molecule has 0 spiro atoms. The number of halogens is 2. The van der Waals surface area contributed by atoms with Crippen LogP contribution in [0.15, 0.2) is 77.9 Å². The van der Waals surface area contributed by atoms with Gasteiger partial charge in [-0.15, -0.1) is 0 Å². The van der Waals surface area contributed by atoms with E-state index in [0.717, 1.165) is 38.9 Å². The number of aromatic nitrogens is 1. The molecule has 0 aliphatic carbocycles. The molecule has 8 heteroatoms. The number of nitrogens with zero attached hydrogens (tertiary/aromatic N) is 3. The Morgan fingerprint density at radius 2 is 1.59 bits per heavy atom. The molecule has 34 heavy (non-hydrogen) atoms. The number of aryl methyl sites for hydroxylation is 1. The molecule has 172 valence electrons. The maximum absolute atomic E-state index is 12.7. The molecular weight excluding hydrogens is 489 g/mol. The molecule has 1 atom stereocenters. The lowest BCUT2D eigenvalue weighted by molar-refractivity contribution is 0.375. The maximum atomic E-state index is 12.7. The van der Waals surface area contributed by atoms with Crippen molar-refractivity contribution in [3.8, 4) is 11.1 Å². The van der Waals surface area contributed by atoms with Crippen LogP contribution in [0.1, 0.15) is 29.3 Å². The van der Waals surface area contributed by atoms with Gasteiger partial charge < -0.3 is 0 Å². The molecule has 0 radical (unpaired) electrons. The Labute approximate surface area is 208 Å². The molecule has 5 nitrogen and oxygen atoms in total. The molecule has 0 fully saturated rings. The summed E-state index contributed by atoms with van der Waals surface area (Å²) in [6.07, 6.45) is 1.58. The zero-order chi connectivity index (χ0) is 24.0. The smallest absolute Gasteiger partial charge is 0.247 e. The van der Waals surface area contributed by atoms with E-state index in [0.29, 0.717) is 22.2 Å². The Balaban J connectivity index is 1.75. The fourth-order valence-electron chi connectivity index (χ4n) is 4.49. The average Bonchev–Trinajstić information content (AvgIpc) is 3.25. The van der Waals surface area contributed by atoms with Crippen LogP contribution >= 0.6 is 23.2 Å². The quantitative estimate of drug-likeness (QED) is 0.310. The standard InChI is InChI=1S/C26H21Cl2N3O2S/c1-16-25(23-15-24(31(30-23)34(2,32)33)17-8-10-19(27)11-9-17)26(18-6-4-3-5-7-18)21-14-20(28)12-13-22(21)29-16/h3-14,24H,15H2,1-2H3. The summed E-state index contributed by atoms with van der Waals surface area (Å²) in [6.45, 7) is 1.93. The Hall–Kier alpha value is -2.93. The molecule has 2 heterocycles. The van der Waals surface area contributed by atoms with Gasteiger partial charge in [-0.2, -0.15) is 9.52 Å². The van der Waals surface area contributed by atoms with Crippen LogP contribution in [0.4, 0.5) is 0 Å². The minimum absolute atomic E-state index is 0.406. The van der Waals surface area contributed by atoms with Gasteiger partial charge in [0.15, 0.2) is 0 Å². The van der Waals surface area contributed by atoms with Gasteiger partial charge in [-0.1, -0.05) is 65.7 Å². The topological polar surface area (TPSA) is 62.6 Å². The van der Waals surface area contributed by atoms with Crippen molar-refractivity contribution in [2.45, 2.75) is 19.4 Å². The Morgan fingerprint density at radius 3 is 2.26 bits per heavy atom. The molecule has 1 aromatic heterocycles. The van der Waals surface area contributed by atoms with Crippen LogP contribution in [0.25, 0.3) is 22.0 Å². The van der Waals surface area contributed by atoms with Crippen molar-refractivity contribution in [1.82, 2.24) is 9.40 Å². The zero-order valence-electron chi connectivity index (χ0n) is 18.5. The molecule has 1 aliphatic rings. The second-order valence-electron chi connectivity index (χ2n) is 8.33. The summed E-state index contributed by atoms with van der Waals surface area (Å²) in [4.78, 5) is 4.82. The normalized spacial score (nSPS) is 16.2. The summed E-state index contributed by atoms with van der Waals surface area (Å²) in [5.41, 5.74) is 5.83. The van der Waals surface area contributed by atoms with Crippen molar-refractivity contribution in [3.63, 3.8) is 0 Å². The van der Waals surface area contributed by atoms with Crippen LogP contribution in [-0.4, -0.2) is 29.8 Å². The van der Waals surface area contributed by atoms with E-state index in [1.54, 1.807) is 12.1 Å². The molecule has 0 saturated heterocycles. The van der Waals surface area contributed by atoms with Crippen molar-refractivity contribution >= 4 is 49.8 Å². The number of hydrazone groups is 1. The highest BCUT2D eigenvalue weighted by molar-refractivity contribution is 7.88. The van der Waals surface area contributed by atoms with Crippen LogP contribution in [0.2, 0.25) is 10.0 Å². The molecule has 3 aromatic carbocycles. The SMILES string of the molecule is Cc1nc2ccc(Cl)cc2c(-c2ccccc2)c1C1=NN(S(C)(=O)=O)C(c2ccc(Cl)cc2)C1. The van der Waals surface area contributed by atoms with E-state index in [4.69, 9.17) is 28.2 Å². The maximum Gasteiger partial charge on any atom is 0.247 e. The molecule has 0 N–H and O–H groups in total. The van der Waals surface area contributed by atoms with Gasteiger partial charge in [-0.3, -0.25) is 4.98 Å². The fourth-order valence-corrected chi connectivity index (χ4v) is 5.70. The summed E-state index contributed by atoms with van der Waals surface area (Å²) in [6, 6.07) is 22.3. The van der Waals surface area contributed by atoms with Gasteiger partial charge in [-0.25, -0.2) is 8.42 Å². The van der Waals surface area contributed by atoms with Gasteiger partial charge in [-0.05, 0) is 48.4 Å². The van der Waals surface area contributed by atoms with Crippen LogP contribution in [0.5, 0.6) is 0 Å². The number of pyridine rings is 1. The minimum atomic E-state index is -3.62. The van der Waals surface area contributed by atoms with E-state index < -0.39 is 16.1 Å². The van der Waals surface area contributed by atoms with E-state index in [9.17, 15) is 8.42 Å². The molecular formula is C26H21Cl2N3O2S. The lowest BCUT2D eigenvalue weighted by atomic mass is 9.89. The lowest BCUT2D eigenvalue weighted by Crippen LogP contribution is -2.25. The third-order valence-corrected chi connectivity index (χ3v) is 7.45. The highest BCUT2D eigenvalue weighted by Gasteiger charge is 2.36. The predicted molar refractivity (Wildman–Crippen MR) is 139 cm³/mol. The van der Waals surface area contributed by atoms with E-state index in [1.807, 2.05) is 67.6 Å². The summed E-state index contributed by atoms with van der Waals surface area (Å²) in [5.74, 6) is 0. The largest absolute Gasteiger partial charge is 0.252 e. The first-order valence-corrected chi connectivity index (χ1v) is 13.3. The summed E-state index contributed by atoms with van der Waals surface area (Å²) >= 11 is 12.4. The van der Waals surface area contributed by atoms with Gasteiger partial charge in [0.05, 0.1) is 23.5 Å². The van der Waals surface area contributed by atoms with Crippen molar-refractivity contribution in [2.75, 3.05) is 6.26 Å². The highest BCUT2D eigenvalue weighted by Crippen LogP contribution is 2.40. The number of fused-ring (bicyclic) bond motifs is 1. The average molecular weight is 510 g/mol. The van der Waals surface area contributed by atoms with Crippen LogP contribution < -0.4 is 0 Å². The van der Waals surface area contributed by atoms with Crippen molar-refractivity contribution in [1.29, 1.82) is 0 Å². The van der Waals surface area contributed by atoms with Crippen LogP contribution in [0.3, 0.4) is 0 Å². The summed E-state index contributed by atoms with van der Waals surface area (Å²) in [7, 11) is -3.62. The molecule has 1 unspecified atom stereocenters. The molecule has 0 amide bonds. The third-order valence-electron chi connectivity index (χ3n) is 5.95. The molecule has 1 aliphatic heterocycles. The zero-order valence-corrected chi connectivity index (χ0v) is 20.9. The van der Waals surface area contributed by atoms with Gasteiger partial charge in [0, 0.05) is 38.7 Å². The Bertz CT molecular complexity index is 1540. The van der Waals surface area contributed by atoms with Crippen LogP contribution in [-0.2, 0) is 10.0 Å². The molecule has 0 bridgehead atoms. The van der Waals surface area contributed by atoms with E-state index >= 15 is 0 Å². The Morgan fingerprint density at radius 1 is 0.912 bits per heavy atom.